The molecule has 0 aliphatic heterocycles. The van der Waals surface area contributed by atoms with E-state index >= 15 is 0 Å². The van der Waals surface area contributed by atoms with Crippen LogP contribution in [0.2, 0.25) is 0 Å². The van der Waals surface area contributed by atoms with Gasteiger partial charge in [0.2, 0.25) is 0 Å². The summed E-state index contributed by atoms with van der Waals surface area (Å²) >= 11 is 0. The van der Waals surface area contributed by atoms with Crippen molar-refractivity contribution in [3.05, 3.63) is 65.0 Å². The molecule has 0 saturated carbocycles. The quantitative estimate of drug-likeness (QED) is 0.748. The highest BCUT2D eigenvalue weighted by atomic mass is 16.1. The van der Waals surface area contributed by atoms with Gasteiger partial charge in [0.05, 0.1) is 0 Å². The SMILES string of the molecule is CCc1ccc(Cc2cccc(C=O)c2)nc1. The van der Waals surface area contributed by atoms with Crippen molar-refractivity contribution in [3.8, 4) is 0 Å². The van der Waals surface area contributed by atoms with Crippen LogP contribution >= 0.6 is 0 Å². The van der Waals surface area contributed by atoms with Gasteiger partial charge in [-0.25, -0.2) is 0 Å². The van der Waals surface area contributed by atoms with Gasteiger partial charge in [-0.05, 0) is 29.7 Å². The predicted octanol–water partition coefficient (Wildman–Crippen LogP) is 3.05. The van der Waals surface area contributed by atoms with Crippen molar-refractivity contribution >= 4 is 6.29 Å². The number of benzene rings is 1. The van der Waals surface area contributed by atoms with Gasteiger partial charge in [-0.3, -0.25) is 9.78 Å². The van der Waals surface area contributed by atoms with Crippen LogP contribution in [0, 0.1) is 0 Å². The molecule has 0 aliphatic carbocycles. The molecule has 1 heterocycles. The minimum absolute atomic E-state index is 0.715. The summed E-state index contributed by atoms with van der Waals surface area (Å²) in [4.78, 5) is 15.1. The second kappa shape index (κ2) is 5.39. The van der Waals surface area contributed by atoms with Gasteiger partial charge < -0.3 is 0 Å². The highest BCUT2D eigenvalue weighted by Crippen LogP contribution is 2.10. The lowest BCUT2D eigenvalue weighted by atomic mass is 10.1. The Balaban J connectivity index is 2.16. The number of nitrogens with zero attached hydrogens (tertiary/aromatic N) is 1. The second-order valence-electron chi connectivity index (χ2n) is 4.05. The average Bonchev–Trinajstić information content (AvgIpc) is 2.40. The van der Waals surface area contributed by atoms with E-state index in [2.05, 4.69) is 18.0 Å². The van der Waals surface area contributed by atoms with Gasteiger partial charge >= 0.3 is 0 Å². The maximum absolute atomic E-state index is 10.7. The maximum atomic E-state index is 10.7. The van der Waals surface area contributed by atoms with Crippen LogP contribution < -0.4 is 0 Å². The number of hydrogen-bond acceptors (Lipinski definition) is 2. The monoisotopic (exact) mass is 225 g/mol. The number of carbonyl (C=O) groups excluding carboxylic acids is 1. The number of rotatable bonds is 4. The molecule has 0 atom stereocenters. The summed E-state index contributed by atoms with van der Waals surface area (Å²) in [6.07, 6.45) is 4.57. The van der Waals surface area contributed by atoms with E-state index in [0.29, 0.717) is 5.56 Å². The third kappa shape index (κ3) is 3.00. The van der Waals surface area contributed by atoms with Gasteiger partial charge in [0.25, 0.3) is 0 Å². The zero-order valence-electron chi connectivity index (χ0n) is 9.89. The third-order valence-corrected chi connectivity index (χ3v) is 2.77. The normalized spacial score (nSPS) is 10.2. The van der Waals surface area contributed by atoms with E-state index in [-0.39, 0.29) is 0 Å². The van der Waals surface area contributed by atoms with Crippen molar-refractivity contribution in [2.24, 2.45) is 0 Å². The first-order valence-electron chi connectivity index (χ1n) is 5.79. The number of aromatic nitrogens is 1. The van der Waals surface area contributed by atoms with Gasteiger partial charge in [0.1, 0.15) is 6.29 Å². The molecule has 0 N–H and O–H groups in total. The zero-order valence-corrected chi connectivity index (χ0v) is 9.89. The Morgan fingerprint density at radius 1 is 1.18 bits per heavy atom. The van der Waals surface area contributed by atoms with Gasteiger partial charge in [0.15, 0.2) is 0 Å². The summed E-state index contributed by atoms with van der Waals surface area (Å²) in [6, 6.07) is 11.8. The van der Waals surface area contributed by atoms with E-state index in [0.717, 1.165) is 30.4 Å². The lowest BCUT2D eigenvalue weighted by molar-refractivity contribution is 0.112. The van der Waals surface area contributed by atoms with E-state index < -0.39 is 0 Å². The zero-order chi connectivity index (χ0) is 12.1. The molecule has 2 rings (SSSR count). The molecular weight excluding hydrogens is 210 g/mol. The van der Waals surface area contributed by atoms with Gasteiger partial charge in [-0.1, -0.05) is 31.2 Å². The fourth-order valence-corrected chi connectivity index (χ4v) is 1.75. The topological polar surface area (TPSA) is 30.0 Å². The molecular formula is C15H15NO. The number of aryl methyl sites for hydroxylation is 1. The van der Waals surface area contributed by atoms with Crippen molar-refractivity contribution in [1.82, 2.24) is 4.98 Å². The van der Waals surface area contributed by atoms with Crippen LogP contribution in [0.25, 0.3) is 0 Å². The van der Waals surface area contributed by atoms with E-state index in [4.69, 9.17) is 0 Å². The Kier molecular flexibility index (Phi) is 3.66. The fourth-order valence-electron chi connectivity index (χ4n) is 1.75. The first kappa shape index (κ1) is 11.5. The van der Waals surface area contributed by atoms with Crippen molar-refractivity contribution in [2.45, 2.75) is 19.8 Å². The van der Waals surface area contributed by atoms with Crippen LogP contribution in [0.1, 0.15) is 34.1 Å². The first-order valence-corrected chi connectivity index (χ1v) is 5.79. The van der Waals surface area contributed by atoms with E-state index in [9.17, 15) is 4.79 Å². The smallest absolute Gasteiger partial charge is 0.150 e. The molecule has 86 valence electrons. The summed E-state index contributed by atoms with van der Waals surface area (Å²) in [5.41, 5.74) is 4.11. The van der Waals surface area contributed by atoms with Crippen LogP contribution in [0.5, 0.6) is 0 Å². The van der Waals surface area contributed by atoms with Crippen molar-refractivity contribution in [2.75, 3.05) is 0 Å². The molecule has 0 spiro atoms. The number of aldehydes is 1. The predicted molar refractivity (Wildman–Crippen MR) is 68.3 cm³/mol. The van der Waals surface area contributed by atoms with Crippen LogP contribution in [0.3, 0.4) is 0 Å². The third-order valence-electron chi connectivity index (χ3n) is 2.77. The van der Waals surface area contributed by atoms with E-state index in [1.54, 1.807) is 0 Å². The molecule has 2 nitrogen and oxygen atoms in total. The van der Waals surface area contributed by atoms with Gasteiger partial charge in [-0.15, -0.1) is 0 Å². The molecule has 2 heteroatoms. The molecule has 0 fully saturated rings. The summed E-state index contributed by atoms with van der Waals surface area (Å²) in [5.74, 6) is 0. The molecule has 17 heavy (non-hydrogen) atoms. The maximum Gasteiger partial charge on any atom is 0.150 e. The molecule has 0 radical (unpaired) electrons. The Hall–Kier alpha value is -1.96. The van der Waals surface area contributed by atoms with Crippen LogP contribution in [-0.4, -0.2) is 11.3 Å². The highest BCUT2D eigenvalue weighted by molar-refractivity contribution is 5.74. The molecule has 1 aromatic heterocycles. The Labute approximate surface area is 101 Å². The van der Waals surface area contributed by atoms with Gasteiger partial charge in [0, 0.05) is 23.9 Å². The number of hydrogen-bond donors (Lipinski definition) is 0. The lowest BCUT2D eigenvalue weighted by Gasteiger charge is -2.03. The minimum atomic E-state index is 0.715. The minimum Gasteiger partial charge on any atom is -0.298 e. The van der Waals surface area contributed by atoms with E-state index in [1.165, 1.54) is 5.56 Å². The Morgan fingerprint density at radius 2 is 2.06 bits per heavy atom. The van der Waals surface area contributed by atoms with E-state index in [1.807, 2.05) is 36.5 Å². The standard InChI is InChI=1S/C15H15NO/c1-2-12-6-7-15(16-10-12)9-13-4-3-5-14(8-13)11-17/h3-8,10-11H,2,9H2,1H3. The molecule has 0 bridgehead atoms. The summed E-state index contributed by atoms with van der Waals surface area (Å²) in [6.45, 7) is 2.12. The first-order chi connectivity index (χ1) is 8.31. The molecule has 0 aliphatic rings. The molecule has 0 amide bonds. The van der Waals surface area contributed by atoms with Crippen LogP contribution in [0.15, 0.2) is 42.6 Å². The van der Waals surface area contributed by atoms with Crippen LogP contribution in [-0.2, 0) is 12.8 Å². The van der Waals surface area contributed by atoms with Crippen molar-refractivity contribution < 1.29 is 4.79 Å². The number of carbonyl (C=O) groups is 1. The summed E-state index contributed by atoms with van der Waals surface area (Å²) in [5, 5.41) is 0. The van der Waals surface area contributed by atoms with Crippen molar-refractivity contribution in [1.29, 1.82) is 0 Å². The van der Waals surface area contributed by atoms with Crippen molar-refractivity contribution in [3.63, 3.8) is 0 Å². The Bertz CT molecular complexity index is 503. The van der Waals surface area contributed by atoms with Crippen LogP contribution in [0.4, 0.5) is 0 Å². The average molecular weight is 225 g/mol. The lowest BCUT2D eigenvalue weighted by Crippen LogP contribution is -1.94. The largest absolute Gasteiger partial charge is 0.298 e. The van der Waals surface area contributed by atoms with Gasteiger partial charge in [-0.2, -0.15) is 0 Å². The number of pyridine rings is 1. The molecule has 0 saturated heterocycles. The summed E-state index contributed by atoms with van der Waals surface area (Å²) in [7, 11) is 0. The summed E-state index contributed by atoms with van der Waals surface area (Å²) < 4.78 is 0. The highest BCUT2D eigenvalue weighted by Gasteiger charge is 1.99. The second-order valence-corrected chi connectivity index (χ2v) is 4.05. The molecule has 0 unspecified atom stereocenters. The fraction of sp³-hybridized carbons (Fsp3) is 0.200. The molecule has 2 aromatic rings. The Morgan fingerprint density at radius 3 is 2.71 bits per heavy atom. The molecule has 1 aromatic carbocycles.